The van der Waals surface area contributed by atoms with Crippen LogP contribution in [0.5, 0.6) is 0 Å². The highest BCUT2D eigenvalue weighted by molar-refractivity contribution is 6.00. The summed E-state index contributed by atoms with van der Waals surface area (Å²) >= 11 is 0. The zero-order valence-electron chi connectivity index (χ0n) is 14.4. The number of benzene rings is 2. The summed E-state index contributed by atoms with van der Waals surface area (Å²) in [5.41, 5.74) is 0.188. The number of rotatable bonds is 3. The quantitative estimate of drug-likeness (QED) is 0.776. The van der Waals surface area contributed by atoms with Crippen molar-refractivity contribution in [2.24, 2.45) is 0 Å². The van der Waals surface area contributed by atoms with Crippen molar-refractivity contribution < 1.29 is 27.2 Å². The lowest BCUT2D eigenvalue weighted by molar-refractivity contribution is -0.138. The molecule has 0 saturated heterocycles. The third-order valence-electron chi connectivity index (χ3n) is 4.10. The van der Waals surface area contributed by atoms with Gasteiger partial charge in [-0.1, -0.05) is 0 Å². The molecule has 3 rings (SSSR count). The van der Waals surface area contributed by atoms with Crippen LogP contribution in [0.1, 0.15) is 23.6 Å². The number of nitrogens with zero attached hydrogens (tertiary/aromatic N) is 1. The van der Waals surface area contributed by atoms with Gasteiger partial charge in [-0.15, -0.1) is 0 Å². The zero-order chi connectivity index (χ0) is 20.5. The van der Waals surface area contributed by atoms with Crippen molar-refractivity contribution in [1.29, 1.82) is 5.26 Å². The van der Waals surface area contributed by atoms with Crippen LogP contribution in [0.4, 0.5) is 23.2 Å². The Morgan fingerprint density at radius 3 is 2.50 bits per heavy atom. The average Bonchev–Trinajstić information content (AvgIpc) is 3.05. The summed E-state index contributed by atoms with van der Waals surface area (Å²) in [7, 11) is 0. The fourth-order valence-electron chi connectivity index (χ4n) is 2.59. The molecule has 1 aliphatic rings. The Morgan fingerprint density at radius 1 is 1.21 bits per heavy atom. The first-order valence-electron chi connectivity index (χ1n) is 7.98. The van der Waals surface area contributed by atoms with Crippen molar-refractivity contribution in [1.82, 2.24) is 5.48 Å². The van der Waals surface area contributed by atoms with E-state index in [-0.39, 0.29) is 5.69 Å². The van der Waals surface area contributed by atoms with E-state index in [9.17, 15) is 22.4 Å². The predicted octanol–water partition coefficient (Wildman–Crippen LogP) is 3.99. The second-order valence-electron chi connectivity index (χ2n) is 6.20. The number of nitriles is 1. The van der Waals surface area contributed by atoms with E-state index in [2.05, 4.69) is 10.8 Å². The van der Waals surface area contributed by atoms with Crippen LogP contribution in [0, 0.1) is 17.1 Å². The third-order valence-corrected chi connectivity index (χ3v) is 4.10. The predicted molar refractivity (Wildman–Crippen MR) is 91.8 cm³/mol. The molecule has 1 heterocycles. The van der Waals surface area contributed by atoms with E-state index in [1.54, 1.807) is 0 Å². The van der Waals surface area contributed by atoms with Gasteiger partial charge in [-0.3, -0.25) is 15.1 Å². The van der Waals surface area contributed by atoms with Crippen molar-refractivity contribution in [2.45, 2.75) is 18.7 Å². The first kappa shape index (κ1) is 19.4. The van der Waals surface area contributed by atoms with Crippen LogP contribution in [-0.2, 0) is 15.8 Å². The monoisotopic (exact) mass is 391 g/mol. The Kier molecular flexibility index (Phi) is 4.83. The standard InChI is InChI=1S/C19H13F4N3O2/c1-18(9-16(26-28-18)11-2-5-13(20)6-3-11)17(27)25-14-7-4-12(10-24)15(8-14)19(21,22)23/h2-9,26H,1H3,(H,25,27). The molecule has 1 atom stereocenters. The molecule has 0 aromatic heterocycles. The Balaban J connectivity index is 1.83. The third kappa shape index (κ3) is 3.82. The largest absolute Gasteiger partial charge is 0.417 e. The number of amides is 1. The number of hydrogen-bond donors (Lipinski definition) is 2. The number of halogens is 4. The molecule has 2 N–H and O–H groups in total. The van der Waals surface area contributed by atoms with Crippen molar-refractivity contribution in [2.75, 3.05) is 5.32 Å². The second kappa shape index (κ2) is 6.98. The number of hydroxylamine groups is 1. The van der Waals surface area contributed by atoms with Crippen LogP contribution in [0.25, 0.3) is 5.70 Å². The number of carbonyl (C=O) groups excluding carboxylic acids is 1. The molecular weight excluding hydrogens is 378 g/mol. The first-order valence-corrected chi connectivity index (χ1v) is 7.98. The van der Waals surface area contributed by atoms with E-state index >= 15 is 0 Å². The van der Waals surface area contributed by atoms with Crippen molar-refractivity contribution in [3.8, 4) is 6.07 Å². The number of carbonyl (C=O) groups is 1. The maximum Gasteiger partial charge on any atom is 0.417 e. The van der Waals surface area contributed by atoms with Crippen molar-refractivity contribution in [3.05, 3.63) is 71.0 Å². The summed E-state index contributed by atoms with van der Waals surface area (Å²) in [5.74, 6) is -1.15. The Morgan fingerprint density at radius 2 is 1.89 bits per heavy atom. The van der Waals surface area contributed by atoms with Gasteiger partial charge in [0.25, 0.3) is 5.91 Å². The lowest BCUT2D eigenvalue weighted by atomic mass is 10.0. The molecule has 0 bridgehead atoms. The molecule has 2 aromatic carbocycles. The van der Waals surface area contributed by atoms with Gasteiger partial charge in [0.15, 0.2) is 5.60 Å². The molecule has 1 aliphatic heterocycles. The van der Waals surface area contributed by atoms with Crippen LogP contribution >= 0.6 is 0 Å². The minimum atomic E-state index is -4.74. The van der Waals surface area contributed by atoms with Crippen LogP contribution in [0.2, 0.25) is 0 Å². The number of alkyl halides is 3. The summed E-state index contributed by atoms with van der Waals surface area (Å²) in [4.78, 5) is 17.8. The molecule has 144 valence electrons. The summed E-state index contributed by atoms with van der Waals surface area (Å²) in [5, 5.41) is 11.2. The maximum atomic E-state index is 13.1. The van der Waals surface area contributed by atoms with Crippen LogP contribution in [0.15, 0.2) is 48.5 Å². The van der Waals surface area contributed by atoms with Gasteiger partial charge in [-0.25, -0.2) is 4.39 Å². The van der Waals surface area contributed by atoms with Gasteiger partial charge in [0.1, 0.15) is 5.82 Å². The number of hydrogen-bond acceptors (Lipinski definition) is 4. The highest BCUT2D eigenvalue weighted by Gasteiger charge is 2.39. The fourth-order valence-corrected chi connectivity index (χ4v) is 2.59. The van der Waals surface area contributed by atoms with E-state index in [0.29, 0.717) is 17.3 Å². The molecule has 0 aliphatic carbocycles. The summed E-state index contributed by atoms with van der Waals surface area (Å²) in [6.07, 6.45) is -3.30. The Labute approximate surface area is 157 Å². The molecule has 0 spiro atoms. The summed E-state index contributed by atoms with van der Waals surface area (Å²) < 4.78 is 52.2. The Hall–Kier alpha value is -3.38. The second-order valence-corrected chi connectivity index (χ2v) is 6.20. The number of nitrogens with one attached hydrogen (secondary N) is 2. The van der Waals surface area contributed by atoms with E-state index in [1.165, 1.54) is 49.4 Å². The van der Waals surface area contributed by atoms with Gasteiger partial charge in [0.05, 0.1) is 22.9 Å². The smallest absolute Gasteiger partial charge is 0.323 e. The minimum Gasteiger partial charge on any atom is -0.323 e. The van der Waals surface area contributed by atoms with Crippen LogP contribution < -0.4 is 10.8 Å². The van der Waals surface area contributed by atoms with Crippen molar-refractivity contribution in [3.63, 3.8) is 0 Å². The SMILES string of the molecule is CC1(C(=O)Nc2ccc(C#N)c(C(F)(F)F)c2)C=C(c2ccc(F)cc2)NO1. The minimum absolute atomic E-state index is 0.134. The molecule has 0 radical (unpaired) electrons. The summed E-state index contributed by atoms with van der Waals surface area (Å²) in [6, 6.07) is 9.78. The highest BCUT2D eigenvalue weighted by Crippen LogP contribution is 2.34. The van der Waals surface area contributed by atoms with Gasteiger partial charge in [0, 0.05) is 5.69 Å². The molecular formula is C19H13F4N3O2. The average molecular weight is 391 g/mol. The molecule has 0 fully saturated rings. The van der Waals surface area contributed by atoms with E-state index < -0.39 is 34.6 Å². The number of anilines is 1. The zero-order valence-corrected chi connectivity index (χ0v) is 14.4. The molecule has 9 heteroatoms. The van der Waals surface area contributed by atoms with Gasteiger partial charge in [-0.2, -0.15) is 18.4 Å². The normalized spacial score (nSPS) is 18.8. The molecule has 1 amide bonds. The highest BCUT2D eigenvalue weighted by atomic mass is 19.4. The topological polar surface area (TPSA) is 74.2 Å². The lowest BCUT2D eigenvalue weighted by Gasteiger charge is -2.20. The van der Waals surface area contributed by atoms with Gasteiger partial charge >= 0.3 is 6.18 Å². The Bertz CT molecular complexity index is 994. The molecule has 0 saturated carbocycles. The molecule has 5 nitrogen and oxygen atoms in total. The van der Waals surface area contributed by atoms with Gasteiger partial charge in [0.2, 0.25) is 0 Å². The lowest BCUT2D eigenvalue weighted by Crippen LogP contribution is -2.40. The molecule has 1 unspecified atom stereocenters. The molecule has 28 heavy (non-hydrogen) atoms. The van der Waals surface area contributed by atoms with Crippen LogP contribution in [-0.4, -0.2) is 11.5 Å². The molecule has 2 aromatic rings. The first-order chi connectivity index (χ1) is 13.1. The fraction of sp³-hybridized carbons (Fsp3) is 0.158. The summed E-state index contributed by atoms with van der Waals surface area (Å²) in [6.45, 7) is 1.42. The maximum absolute atomic E-state index is 13.1. The van der Waals surface area contributed by atoms with Crippen molar-refractivity contribution >= 4 is 17.3 Å². The van der Waals surface area contributed by atoms with E-state index in [0.717, 1.165) is 6.07 Å². The van der Waals surface area contributed by atoms with Crippen LogP contribution in [0.3, 0.4) is 0 Å². The van der Waals surface area contributed by atoms with Gasteiger partial charge in [-0.05, 0) is 61.0 Å². The van der Waals surface area contributed by atoms with E-state index in [1.807, 2.05) is 0 Å². The van der Waals surface area contributed by atoms with Gasteiger partial charge < -0.3 is 5.32 Å². The van der Waals surface area contributed by atoms with E-state index in [4.69, 9.17) is 10.1 Å².